The van der Waals surface area contributed by atoms with Gasteiger partial charge in [-0.2, -0.15) is 0 Å². The van der Waals surface area contributed by atoms with Crippen LogP contribution in [-0.2, 0) is 5.41 Å². The van der Waals surface area contributed by atoms with Gasteiger partial charge in [0.1, 0.15) is 0 Å². The van der Waals surface area contributed by atoms with Crippen LogP contribution in [0.15, 0.2) is 139 Å². The Morgan fingerprint density at radius 1 is 0.571 bits per heavy atom. The molecule has 49 heavy (non-hydrogen) atoms. The number of hydrogen-bond acceptors (Lipinski definition) is 4. The topological polar surface area (TPSA) is 37.4 Å². The zero-order chi connectivity index (χ0) is 33.0. The number of rotatable bonds is 2. The second-order valence-corrected chi connectivity index (χ2v) is 14.7. The normalized spacial score (nSPS) is 14.9. The summed E-state index contributed by atoms with van der Waals surface area (Å²) in [6, 6.07) is 46.4. The summed E-state index contributed by atoms with van der Waals surface area (Å²) in [4.78, 5) is 29.5. The van der Waals surface area contributed by atoms with Crippen LogP contribution in [0.1, 0.15) is 51.3 Å². The van der Waals surface area contributed by atoms with Crippen LogP contribution in [-0.4, -0.2) is 11.6 Å². The molecule has 0 unspecified atom stereocenters. The van der Waals surface area contributed by atoms with Crippen LogP contribution in [0.5, 0.6) is 0 Å². The fourth-order valence-corrected chi connectivity index (χ4v) is 9.26. The van der Waals surface area contributed by atoms with E-state index in [0.717, 1.165) is 38.5 Å². The van der Waals surface area contributed by atoms with E-state index in [4.69, 9.17) is 0 Å². The molecule has 2 aliphatic rings. The maximum absolute atomic E-state index is 13.5. The molecule has 0 bridgehead atoms. The molecular weight excluding hydrogens is 619 g/mol. The Kier molecular flexibility index (Phi) is 5.80. The number of hydrogen-bond donors (Lipinski definition) is 0. The first-order valence-electron chi connectivity index (χ1n) is 16.6. The third kappa shape index (κ3) is 4.01. The molecule has 8 aromatic rings. The summed E-state index contributed by atoms with van der Waals surface area (Å²) in [5.74, 6) is -0.417. The van der Waals surface area contributed by atoms with Gasteiger partial charge in [-0.05, 0) is 98.9 Å². The zero-order valence-electron chi connectivity index (χ0n) is 27.0. The number of nitrogens with zero attached hydrogens (tertiary/aromatic N) is 1. The molecule has 10 rings (SSSR count). The number of Topliss-reactive ketones (excluding diaryl/α,β-unsaturated/α-hetero) is 2. The molecule has 0 spiro atoms. The van der Waals surface area contributed by atoms with E-state index in [-0.39, 0.29) is 22.6 Å². The van der Waals surface area contributed by atoms with Crippen molar-refractivity contribution in [2.24, 2.45) is 0 Å². The first-order valence-corrected chi connectivity index (χ1v) is 17.4. The van der Waals surface area contributed by atoms with Crippen LogP contribution >= 0.6 is 11.3 Å². The van der Waals surface area contributed by atoms with Crippen LogP contribution in [0.25, 0.3) is 47.8 Å². The lowest BCUT2D eigenvalue weighted by atomic mass is 9.71. The molecule has 0 radical (unpaired) electrons. The van der Waals surface area contributed by atoms with Gasteiger partial charge in [-0.1, -0.05) is 92.7 Å². The van der Waals surface area contributed by atoms with Gasteiger partial charge >= 0.3 is 0 Å². The second kappa shape index (κ2) is 10.1. The lowest BCUT2D eigenvalue weighted by Crippen LogP contribution is -2.31. The molecule has 0 fully saturated rings. The number of para-hydroxylation sites is 1. The summed E-state index contributed by atoms with van der Waals surface area (Å²) in [7, 11) is 0. The van der Waals surface area contributed by atoms with Gasteiger partial charge in [-0.25, -0.2) is 0 Å². The van der Waals surface area contributed by atoms with Gasteiger partial charge < -0.3 is 4.90 Å². The highest BCUT2D eigenvalue weighted by Gasteiger charge is 2.39. The molecule has 0 saturated heterocycles. The van der Waals surface area contributed by atoms with Crippen molar-refractivity contribution in [3.8, 4) is 0 Å². The number of thiophene rings is 1. The van der Waals surface area contributed by atoms with E-state index in [1.165, 1.54) is 37.0 Å². The summed E-state index contributed by atoms with van der Waals surface area (Å²) in [5.41, 5.74) is 7.73. The van der Waals surface area contributed by atoms with E-state index >= 15 is 0 Å². The minimum Gasteiger partial charge on any atom is -0.310 e. The first-order chi connectivity index (χ1) is 23.9. The molecule has 1 aromatic heterocycles. The number of anilines is 3. The van der Waals surface area contributed by atoms with Crippen LogP contribution in [0, 0.1) is 0 Å². The van der Waals surface area contributed by atoms with Crippen molar-refractivity contribution in [2.45, 2.75) is 19.3 Å². The molecule has 2 heterocycles. The molecule has 4 heteroatoms. The highest BCUT2D eigenvalue weighted by atomic mass is 32.1. The Bertz CT molecular complexity index is 2730. The molecule has 1 aliphatic carbocycles. The van der Waals surface area contributed by atoms with E-state index < -0.39 is 0 Å². The molecule has 3 nitrogen and oxygen atoms in total. The molecule has 7 aromatic carbocycles. The highest BCUT2D eigenvalue weighted by molar-refractivity contribution is 7.25. The number of fused-ring (bicyclic) bond motifs is 9. The summed E-state index contributed by atoms with van der Waals surface area (Å²) >= 11 is 1.85. The fraction of sp³-hybridized carbons (Fsp3) is 0.0667. The van der Waals surface area contributed by atoms with Crippen molar-refractivity contribution >= 4 is 87.8 Å². The molecule has 232 valence electrons. The third-order valence-electron chi connectivity index (χ3n) is 10.5. The first kappa shape index (κ1) is 28.2. The Balaban J connectivity index is 1.15. The minimum atomic E-state index is -0.312. The molecule has 0 amide bonds. The Labute approximate surface area is 287 Å². The number of allylic oxidation sites excluding steroid dienone is 1. The van der Waals surface area contributed by atoms with E-state index in [2.05, 4.69) is 110 Å². The molecule has 0 N–H and O–H groups in total. The Morgan fingerprint density at radius 2 is 1.27 bits per heavy atom. The fourth-order valence-electron chi connectivity index (χ4n) is 8.14. The lowest BCUT2D eigenvalue weighted by Gasteiger charge is -2.43. The van der Waals surface area contributed by atoms with E-state index in [0.29, 0.717) is 11.1 Å². The number of benzene rings is 7. The Hall–Kier alpha value is -5.84. The van der Waals surface area contributed by atoms with Gasteiger partial charge in [0.05, 0.1) is 16.9 Å². The smallest absolute Gasteiger partial charge is 0.197 e. The molecule has 0 atom stereocenters. The van der Waals surface area contributed by atoms with Gasteiger partial charge in [-0.15, -0.1) is 11.3 Å². The molecule has 0 saturated carbocycles. The van der Waals surface area contributed by atoms with E-state index in [9.17, 15) is 9.59 Å². The SMILES string of the molecule is CC1(C)c2cc3c(cc2N(c2ccccc2)c2ccc4cc(C=C5C(=O)c6cc7ccccc7cc6C5=O)ccc4c21)sc1ccccc13. The summed E-state index contributed by atoms with van der Waals surface area (Å²) in [6.07, 6.45) is 1.77. The molecule has 1 aliphatic heterocycles. The van der Waals surface area contributed by atoms with Gasteiger partial charge in [0.2, 0.25) is 0 Å². The quantitative estimate of drug-likeness (QED) is 0.138. The second-order valence-electron chi connectivity index (χ2n) is 13.7. The summed E-state index contributed by atoms with van der Waals surface area (Å²) < 4.78 is 2.58. The number of carbonyl (C=O) groups is 2. The van der Waals surface area contributed by atoms with Crippen LogP contribution in [0.4, 0.5) is 17.1 Å². The average Bonchev–Trinajstić information content (AvgIpc) is 3.60. The maximum atomic E-state index is 13.5. The van der Waals surface area contributed by atoms with Gasteiger partial charge in [-0.3, -0.25) is 9.59 Å². The van der Waals surface area contributed by atoms with Crippen molar-refractivity contribution in [3.05, 3.63) is 167 Å². The zero-order valence-corrected chi connectivity index (χ0v) is 27.8. The maximum Gasteiger partial charge on any atom is 0.197 e. The average molecular weight is 648 g/mol. The largest absolute Gasteiger partial charge is 0.310 e. The predicted molar refractivity (Wildman–Crippen MR) is 204 cm³/mol. The van der Waals surface area contributed by atoms with E-state index in [1.807, 2.05) is 53.8 Å². The van der Waals surface area contributed by atoms with Crippen LogP contribution in [0.2, 0.25) is 0 Å². The summed E-state index contributed by atoms with van der Waals surface area (Å²) in [5, 5.41) is 6.73. The van der Waals surface area contributed by atoms with Gasteiger partial charge in [0, 0.05) is 42.4 Å². The standard InChI is InChI=1S/C45H29NO2S/c1-45(2)37-24-33-32-14-8-9-15-40(32)49-41(33)25-39(37)46(30-12-4-3-5-13-30)38-19-17-29-20-26(16-18-31(29)42(38)45)21-36-43(47)34-22-27-10-6-7-11-28(27)23-35(34)44(36)48/h3-25H,1-2H3. The highest BCUT2D eigenvalue weighted by Crippen LogP contribution is 2.55. The van der Waals surface area contributed by atoms with Crippen molar-refractivity contribution in [1.82, 2.24) is 0 Å². The Morgan fingerprint density at radius 3 is 2.02 bits per heavy atom. The van der Waals surface area contributed by atoms with Crippen molar-refractivity contribution in [1.29, 1.82) is 0 Å². The predicted octanol–water partition coefficient (Wildman–Crippen LogP) is 11.9. The van der Waals surface area contributed by atoms with E-state index in [1.54, 1.807) is 6.08 Å². The van der Waals surface area contributed by atoms with Gasteiger partial charge in [0.25, 0.3) is 0 Å². The van der Waals surface area contributed by atoms with Crippen LogP contribution in [0.3, 0.4) is 0 Å². The van der Waals surface area contributed by atoms with Gasteiger partial charge in [0.15, 0.2) is 11.6 Å². The van der Waals surface area contributed by atoms with Crippen molar-refractivity contribution < 1.29 is 9.59 Å². The van der Waals surface area contributed by atoms with Crippen molar-refractivity contribution in [2.75, 3.05) is 4.90 Å². The number of carbonyl (C=O) groups excluding carboxylic acids is 2. The lowest BCUT2D eigenvalue weighted by molar-refractivity contribution is 0.0990. The van der Waals surface area contributed by atoms with Crippen LogP contribution < -0.4 is 4.90 Å². The molecular formula is C45H29NO2S. The van der Waals surface area contributed by atoms with Crippen molar-refractivity contribution in [3.63, 3.8) is 0 Å². The summed E-state index contributed by atoms with van der Waals surface area (Å²) in [6.45, 7) is 4.67. The minimum absolute atomic E-state index is 0.209. The monoisotopic (exact) mass is 647 g/mol. The number of ketones is 2. The third-order valence-corrected chi connectivity index (χ3v) is 11.6.